The molecule has 0 saturated carbocycles. The van der Waals surface area contributed by atoms with Crippen molar-refractivity contribution in [1.82, 2.24) is 14.6 Å². The van der Waals surface area contributed by atoms with Gasteiger partial charge in [0, 0.05) is 5.56 Å². The standard InChI is InChI=1S/C20H17N3O4S/c1-25-14-10-13(11-15(26-2)17(14)27-3)18-21-20-23(22-18)19(24)16(28-20)9-12-7-5-4-6-8-12/h4-11H,1-3H3. The number of hydrogen-bond donors (Lipinski definition) is 0. The smallest absolute Gasteiger partial charge is 0.291 e. The number of nitrogens with zero attached hydrogens (tertiary/aromatic N) is 3. The molecule has 0 unspecified atom stereocenters. The molecule has 0 fully saturated rings. The molecule has 0 aliphatic carbocycles. The van der Waals surface area contributed by atoms with Gasteiger partial charge in [0.05, 0.1) is 25.9 Å². The summed E-state index contributed by atoms with van der Waals surface area (Å²) in [6.07, 6.45) is 1.84. The van der Waals surface area contributed by atoms with Crippen molar-refractivity contribution in [3.63, 3.8) is 0 Å². The average Bonchev–Trinajstić information content (AvgIpc) is 3.27. The van der Waals surface area contributed by atoms with Crippen LogP contribution in [0.25, 0.3) is 22.4 Å². The van der Waals surface area contributed by atoms with Gasteiger partial charge < -0.3 is 14.2 Å². The van der Waals surface area contributed by atoms with E-state index < -0.39 is 0 Å². The quantitative estimate of drug-likeness (QED) is 0.517. The maximum absolute atomic E-state index is 12.7. The number of thiazole rings is 1. The molecule has 28 heavy (non-hydrogen) atoms. The summed E-state index contributed by atoms with van der Waals surface area (Å²) in [5.41, 5.74) is 1.42. The zero-order valence-electron chi connectivity index (χ0n) is 15.5. The van der Waals surface area contributed by atoms with Gasteiger partial charge in [-0.2, -0.15) is 9.50 Å². The van der Waals surface area contributed by atoms with Gasteiger partial charge in [0.1, 0.15) is 0 Å². The highest BCUT2D eigenvalue weighted by Gasteiger charge is 2.18. The molecular formula is C20H17N3O4S. The van der Waals surface area contributed by atoms with Gasteiger partial charge in [0.25, 0.3) is 5.56 Å². The number of methoxy groups -OCH3 is 3. The van der Waals surface area contributed by atoms with E-state index >= 15 is 0 Å². The Morgan fingerprint density at radius 3 is 2.25 bits per heavy atom. The molecule has 0 radical (unpaired) electrons. The van der Waals surface area contributed by atoms with Crippen molar-refractivity contribution in [3.8, 4) is 28.6 Å². The van der Waals surface area contributed by atoms with Gasteiger partial charge in [-0.3, -0.25) is 4.79 Å². The maximum Gasteiger partial charge on any atom is 0.291 e. The molecule has 0 atom stereocenters. The first-order valence-electron chi connectivity index (χ1n) is 8.41. The van der Waals surface area contributed by atoms with Crippen molar-refractivity contribution >= 4 is 22.4 Å². The van der Waals surface area contributed by atoms with E-state index in [4.69, 9.17) is 14.2 Å². The van der Waals surface area contributed by atoms with Crippen molar-refractivity contribution in [3.05, 3.63) is 62.9 Å². The summed E-state index contributed by atoms with van der Waals surface area (Å²) >= 11 is 1.30. The summed E-state index contributed by atoms with van der Waals surface area (Å²) < 4.78 is 18.0. The van der Waals surface area contributed by atoms with Crippen LogP contribution in [0.3, 0.4) is 0 Å². The molecule has 0 bridgehead atoms. The lowest BCUT2D eigenvalue weighted by Gasteiger charge is -2.12. The van der Waals surface area contributed by atoms with E-state index in [9.17, 15) is 4.79 Å². The van der Waals surface area contributed by atoms with Crippen LogP contribution >= 0.6 is 11.3 Å². The second-order valence-electron chi connectivity index (χ2n) is 5.87. The summed E-state index contributed by atoms with van der Waals surface area (Å²) in [7, 11) is 4.63. The fourth-order valence-electron chi connectivity index (χ4n) is 2.87. The molecule has 7 nitrogen and oxygen atoms in total. The number of aromatic nitrogens is 3. The zero-order valence-corrected chi connectivity index (χ0v) is 16.3. The molecule has 0 aliphatic heterocycles. The molecule has 4 rings (SSSR count). The summed E-state index contributed by atoms with van der Waals surface area (Å²) in [5, 5.41) is 4.38. The maximum atomic E-state index is 12.7. The molecule has 0 saturated heterocycles. The molecule has 8 heteroatoms. The van der Waals surface area contributed by atoms with Crippen LogP contribution in [0.15, 0.2) is 47.3 Å². The van der Waals surface area contributed by atoms with Crippen molar-refractivity contribution in [2.45, 2.75) is 0 Å². The molecule has 0 amide bonds. The van der Waals surface area contributed by atoms with Crippen molar-refractivity contribution in [2.75, 3.05) is 21.3 Å². The highest BCUT2D eigenvalue weighted by Crippen LogP contribution is 2.40. The first-order chi connectivity index (χ1) is 13.6. The third-order valence-corrected chi connectivity index (χ3v) is 5.16. The lowest BCUT2D eigenvalue weighted by atomic mass is 10.1. The Balaban J connectivity index is 1.82. The Morgan fingerprint density at radius 1 is 1.00 bits per heavy atom. The highest BCUT2D eigenvalue weighted by molar-refractivity contribution is 7.15. The number of fused-ring (bicyclic) bond motifs is 1. The minimum Gasteiger partial charge on any atom is -0.493 e. The van der Waals surface area contributed by atoms with Crippen molar-refractivity contribution < 1.29 is 14.2 Å². The van der Waals surface area contributed by atoms with Gasteiger partial charge in [0.15, 0.2) is 17.3 Å². The Kier molecular flexibility index (Phi) is 4.70. The number of rotatable bonds is 5. The fourth-order valence-corrected chi connectivity index (χ4v) is 3.77. The van der Waals surface area contributed by atoms with E-state index in [2.05, 4.69) is 10.1 Å². The van der Waals surface area contributed by atoms with Gasteiger partial charge in [-0.25, -0.2) is 0 Å². The third-order valence-electron chi connectivity index (χ3n) is 4.20. The lowest BCUT2D eigenvalue weighted by Crippen LogP contribution is -2.23. The average molecular weight is 395 g/mol. The Morgan fingerprint density at radius 2 is 1.68 bits per heavy atom. The molecule has 2 aromatic heterocycles. The minimum absolute atomic E-state index is 0.199. The molecule has 0 spiro atoms. The van der Waals surface area contributed by atoms with Gasteiger partial charge in [-0.1, -0.05) is 41.7 Å². The van der Waals surface area contributed by atoms with Gasteiger partial charge in [0.2, 0.25) is 10.7 Å². The normalized spacial score (nSPS) is 11.8. The SMILES string of the molecule is COc1cc(-c2nc3sc(=Cc4ccccc4)c(=O)n3n2)cc(OC)c1OC. The molecule has 142 valence electrons. The third kappa shape index (κ3) is 3.07. The zero-order chi connectivity index (χ0) is 19.7. The monoisotopic (exact) mass is 395 g/mol. The van der Waals surface area contributed by atoms with Crippen LogP contribution in [0.4, 0.5) is 0 Å². The first-order valence-corrected chi connectivity index (χ1v) is 9.23. The molecule has 0 N–H and O–H groups in total. The summed E-state index contributed by atoms with van der Waals surface area (Å²) in [6, 6.07) is 13.2. The van der Waals surface area contributed by atoms with Gasteiger partial charge >= 0.3 is 0 Å². The molecule has 0 aliphatic rings. The molecular weight excluding hydrogens is 378 g/mol. The number of ether oxygens (including phenoxy) is 3. The van der Waals surface area contributed by atoms with E-state index in [1.165, 1.54) is 15.9 Å². The Bertz CT molecular complexity index is 1220. The fraction of sp³-hybridized carbons (Fsp3) is 0.150. The van der Waals surface area contributed by atoms with Crippen LogP contribution in [-0.4, -0.2) is 35.9 Å². The Hall–Kier alpha value is -3.39. The molecule has 2 heterocycles. The summed E-state index contributed by atoms with van der Waals surface area (Å²) in [4.78, 5) is 17.7. The van der Waals surface area contributed by atoms with Crippen LogP contribution in [0.2, 0.25) is 0 Å². The van der Waals surface area contributed by atoms with Crippen molar-refractivity contribution in [1.29, 1.82) is 0 Å². The van der Waals surface area contributed by atoms with Crippen LogP contribution in [0.1, 0.15) is 5.56 Å². The summed E-state index contributed by atoms with van der Waals surface area (Å²) in [5.74, 6) is 1.89. The predicted molar refractivity (Wildman–Crippen MR) is 107 cm³/mol. The van der Waals surface area contributed by atoms with Crippen molar-refractivity contribution in [2.24, 2.45) is 0 Å². The second-order valence-corrected chi connectivity index (χ2v) is 6.88. The largest absolute Gasteiger partial charge is 0.493 e. The van der Waals surface area contributed by atoms with Crippen LogP contribution in [-0.2, 0) is 0 Å². The van der Waals surface area contributed by atoms with E-state index in [0.29, 0.717) is 38.1 Å². The second kappa shape index (κ2) is 7.32. The van der Waals surface area contributed by atoms with E-state index in [-0.39, 0.29) is 5.56 Å². The van der Waals surface area contributed by atoms with Gasteiger partial charge in [-0.05, 0) is 23.8 Å². The molecule has 2 aromatic carbocycles. The summed E-state index contributed by atoms with van der Waals surface area (Å²) in [6.45, 7) is 0. The highest BCUT2D eigenvalue weighted by atomic mass is 32.1. The van der Waals surface area contributed by atoms with E-state index in [0.717, 1.165) is 5.56 Å². The first kappa shape index (κ1) is 18.0. The van der Waals surface area contributed by atoms with E-state index in [1.807, 2.05) is 36.4 Å². The van der Waals surface area contributed by atoms with Crippen LogP contribution < -0.4 is 24.3 Å². The lowest BCUT2D eigenvalue weighted by molar-refractivity contribution is 0.324. The van der Waals surface area contributed by atoms with Crippen LogP contribution in [0.5, 0.6) is 17.2 Å². The minimum atomic E-state index is -0.199. The van der Waals surface area contributed by atoms with Gasteiger partial charge in [-0.15, -0.1) is 5.10 Å². The number of benzene rings is 2. The van der Waals surface area contributed by atoms with Crippen LogP contribution in [0, 0.1) is 0 Å². The predicted octanol–water partition coefficient (Wildman–Crippen LogP) is 2.39. The molecule has 4 aromatic rings. The van der Waals surface area contributed by atoms with E-state index in [1.54, 1.807) is 33.5 Å². The Labute approximate surface area is 164 Å². The number of hydrogen-bond acceptors (Lipinski definition) is 7. The topological polar surface area (TPSA) is 75.0 Å².